The van der Waals surface area contributed by atoms with Crippen LogP contribution < -0.4 is 4.90 Å². The highest BCUT2D eigenvalue weighted by atomic mass is 32.2. The second-order valence-corrected chi connectivity index (χ2v) is 5.51. The van der Waals surface area contributed by atoms with Gasteiger partial charge in [0.25, 0.3) is 0 Å². The van der Waals surface area contributed by atoms with E-state index >= 15 is 0 Å². The van der Waals surface area contributed by atoms with Crippen LogP contribution in [0.3, 0.4) is 0 Å². The van der Waals surface area contributed by atoms with Gasteiger partial charge in [-0.05, 0) is 13.8 Å². The molecule has 82 valence electrons. The lowest BCUT2D eigenvalue weighted by Crippen LogP contribution is -2.45. The minimum absolute atomic E-state index is 0.542. The van der Waals surface area contributed by atoms with Crippen molar-refractivity contribution in [2.75, 3.05) is 17.2 Å². The Balaban J connectivity index is 2.22. The van der Waals surface area contributed by atoms with Crippen LogP contribution in [0, 0.1) is 6.92 Å². The first-order valence-electron chi connectivity index (χ1n) is 5.35. The van der Waals surface area contributed by atoms with E-state index in [2.05, 4.69) is 28.7 Å². The molecule has 0 bridgehead atoms. The molecule has 0 N–H and O–H groups in total. The topological polar surface area (TPSA) is 29.0 Å². The van der Waals surface area contributed by atoms with Crippen LogP contribution in [0.25, 0.3) is 0 Å². The Morgan fingerprint density at radius 3 is 2.93 bits per heavy atom. The lowest BCUT2D eigenvalue weighted by molar-refractivity contribution is 0.618. The van der Waals surface area contributed by atoms with Gasteiger partial charge in [0.2, 0.25) is 0 Å². The number of aromatic nitrogens is 2. The average molecular weight is 223 g/mol. The van der Waals surface area contributed by atoms with Crippen molar-refractivity contribution in [3.8, 4) is 0 Å². The van der Waals surface area contributed by atoms with Gasteiger partial charge in [0, 0.05) is 29.8 Å². The quantitative estimate of drug-likeness (QED) is 0.729. The minimum Gasteiger partial charge on any atom is -0.351 e. The molecule has 1 aliphatic rings. The van der Waals surface area contributed by atoms with Crippen molar-refractivity contribution in [3.05, 3.63) is 18.1 Å². The normalized spacial score (nSPS) is 26.7. The van der Waals surface area contributed by atoms with Gasteiger partial charge < -0.3 is 4.90 Å². The van der Waals surface area contributed by atoms with Gasteiger partial charge in [-0.2, -0.15) is 11.8 Å². The van der Waals surface area contributed by atoms with Crippen LogP contribution in [0.15, 0.2) is 12.4 Å². The zero-order chi connectivity index (χ0) is 10.8. The molecule has 2 unspecified atom stereocenters. The van der Waals surface area contributed by atoms with Crippen molar-refractivity contribution < 1.29 is 0 Å². The molecule has 15 heavy (non-hydrogen) atoms. The molecule has 2 atom stereocenters. The molecule has 0 saturated carbocycles. The van der Waals surface area contributed by atoms with E-state index in [4.69, 9.17) is 0 Å². The molecule has 1 aromatic rings. The summed E-state index contributed by atoms with van der Waals surface area (Å²) in [6, 6.07) is 0.542. The molecule has 1 fully saturated rings. The van der Waals surface area contributed by atoms with E-state index in [0.717, 1.165) is 18.1 Å². The summed E-state index contributed by atoms with van der Waals surface area (Å²) in [7, 11) is 0. The number of hydrogen-bond acceptors (Lipinski definition) is 4. The smallest absolute Gasteiger partial charge is 0.147 e. The number of rotatable bonds is 1. The maximum Gasteiger partial charge on any atom is 0.147 e. The van der Waals surface area contributed by atoms with Crippen molar-refractivity contribution in [1.82, 2.24) is 9.97 Å². The van der Waals surface area contributed by atoms with E-state index in [9.17, 15) is 0 Å². The van der Waals surface area contributed by atoms with E-state index in [0.29, 0.717) is 11.3 Å². The highest BCUT2D eigenvalue weighted by Crippen LogP contribution is 2.27. The zero-order valence-electron chi connectivity index (χ0n) is 9.47. The van der Waals surface area contributed by atoms with Crippen LogP contribution in [0.1, 0.15) is 19.5 Å². The van der Waals surface area contributed by atoms with Gasteiger partial charge in [-0.1, -0.05) is 6.92 Å². The predicted octanol–water partition coefficient (Wildman–Crippen LogP) is 2.12. The summed E-state index contributed by atoms with van der Waals surface area (Å²) < 4.78 is 0. The van der Waals surface area contributed by atoms with Crippen LogP contribution in [0.4, 0.5) is 5.82 Å². The van der Waals surface area contributed by atoms with Crippen LogP contribution >= 0.6 is 11.8 Å². The Morgan fingerprint density at radius 2 is 2.20 bits per heavy atom. The Bertz CT molecular complexity index is 342. The molecule has 0 radical (unpaired) electrons. The molecule has 0 aromatic carbocycles. The summed E-state index contributed by atoms with van der Waals surface area (Å²) in [6.45, 7) is 7.61. The van der Waals surface area contributed by atoms with Crippen molar-refractivity contribution in [3.63, 3.8) is 0 Å². The second kappa shape index (κ2) is 4.39. The molecule has 1 saturated heterocycles. The van der Waals surface area contributed by atoms with E-state index in [1.54, 1.807) is 6.20 Å². The summed E-state index contributed by atoms with van der Waals surface area (Å²) >= 11 is 2.04. The molecular weight excluding hydrogens is 206 g/mol. The number of anilines is 1. The van der Waals surface area contributed by atoms with Crippen LogP contribution in [0.2, 0.25) is 0 Å². The summed E-state index contributed by atoms with van der Waals surface area (Å²) in [5, 5.41) is 0.668. The first-order valence-corrected chi connectivity index (χ1v) is 6.40. The van der Waals surface area contributed by atoms with Gasteiger partial charge in [-0.3, -0.25) is 4.98 Å². The van der Waals surface area contributed by atoms with Gasteiger partial charge in [-0.15, -0.1) is 0 Å². The Labute approximate surface area is 95.3 Å². The third-order valence-electron chi connectivity index (χ3n) is 2.92. The van der Waals surface area contributed by atoms with Gasteiger partial charge in [0.05, 0.1) is 11.9 Å². The molecule has 1 aromatic heterocycles. The zero-order valence-corrected chi connectivity index (χ0v) is 10.3. The van der Waals surface area contributed by atoms with E-state index in [1.165, 1.54) is 5.75 Å². The highest BCUT2D eigenvalue weighted by molar-refractivity contribution is 8.00. The lowest BCUT2D eigenvalue weighted by atomic mass is 10.2. The average Bonchev–Trinajstić information content (AvgIpc) is 2.22. The molecular formula is C11H17N3S. The van der Waals surface area contributed by atoms with Crippen molar-refractivity contribution >= 4 is 17.6 Å². The fourth-order valence-corrected chi connectivity index (χ4v) is 2.94. The van der Waals surface area contributed by atoms with E-state index in [1.807, 2.05) is 24.9 Å². The third kappa shape index (κ3) is 2.25. The molecule has 0 aliphatic carbocycles. The standard InChI is InChI=1S/C11H17N3S/c1-8-6-12-7-11(13-8)14-4-5-15-10(3)9(14)2/h6-7,9-10H,4-5H2,1-3H3. The van der Waals surface area contributed by atoms with Crippen molar-refractivity contribution in [2.24, 2.45) is 0 Å². The van der Waals surface area contributed by atoms with E-state index in [-0.39, 0.29) is 0 Å². The Morgan fingerprint density at radius 1 is 1.40 bits per heavy atom. The lowest BCUT2D eigenvalue weighted by Gasteiger charge is -2.38. The molecule has 2 heterocycles. The van der Waals surface area contributed by atoms with Gasteiger partial charge >= 0.3 is 0 Å². The number of thioether (sulfide) groups is 1. The molecule has 2 rings (SSSR count). The molecule has 1 aliphatic heterocycles. The highest BCUT2D eigenvalue weighted by Gasteiger charge is 2.26. The summed E-state index contributed by atoms with van der Waals surface area (Å²) in [6.07, 6.45) is 3.67. The van der Waals surface area contributed by atoms with Crippen LogP contribution in [-0.4, -0.2) is 33.6 Å². The maximum atomic E-state index is 4.54. The molecule has 4 heteroatoms. The van der Waals surface area contributed by atoms with Gasteiger partial charge in [-0.25, -0.2) is 4.98 Å². The van der Waals surface area contributed by atoms with Gasteiger partial charge in [0.15, 0.2) is 0 Å². The van der Waals surface area contributed by atoms with Crippen LogP contribution in [-0.2, 0) is 0 Å². The van der Waals surface area contributed by atoms with Crippen molar-refractivity contribution in [1.29, 1.82) is 0 Å². The summed E-state index contributed by atoms with van der Waals surface area (Å²) in [4.78, 5) is 11.1. The maximum absolute atomic E-state index is 4.54. The molecule has 0 amide bonds. The second-order valence-electron chi connectivity index (χ2n) is 4.03. The summed E-state index contributed by atoms with van der Waals surface area (Å²) in [5.74, 6) is 2.20. The van der Waals surface area contributed by atoms with Gasteiger partial charge in [0.1, 0.15) is 5.82 Å². The summed E-state index contributed by atoms with van der Waals surface area (Å²) in [5.41, 5.74) is 0.991. The number of nitrogens with zero attached hydrogens (tertiary/aromatic N) is 3. The number of hydrogen-bond donors (Lipinski definition) is 0. The third-order valence-corrected chi connectivity index (χ3v) is 4.26. The molecule has 3 nitrogen and oxygen atoms in total. The first-order chi connectivity index (χ1) is 7.18. The first kappa shape index (κ1) is 10.7. The van der Waals surface area contributed by atoms with E-state index < -0.39 is 0 Å². The Hall–Kier alpha value is -0.770. The molecule has 0 spiro atoms. The predicted molar refractivity (Wildman–Crippen MR) is 65.5 cm³/mol. The largest absolute Gasteiger partial charge is 0.351 e. The van der Waals surface area contributed by atoms with Crippen molar-refractivity contribution in [2.45, 2.75) is 32.1 Å². The minimum atomic E-state index is 0.542. The SMILES string of the molecule is Cc1cncc(N2CCSC(C)C2C)n1. The fourth-order valence-electron chi connectivity index (χ4n) is 1.85. The number of aryl methyl sites for hydroxylation is 1. The monoisotopic (exact) mass is 223 g/mol. The fraction of sp³-hybridized carbons (Fsp3) is 0.636. The van der Waals surface area contributed by atoms with Crippen LogP contribution in [0.5, 0.6) is 0 Å². The Kier molecular flexibility index (Phi) is 3.14.